The molecule has 110 valence electrons. The van der Waals surface area contributed by atoms with Gasteiger partial charge in [-0.15, -0.1) is 11.3 Å². The van der Waals surface area contributed by atoms with Gasteiger partial charge in [-0.25, -0.2) is 4.98 Å². The van der Waals surface area contributed by atoms with Gasteiger partial charge in [0.05, 0.1) is 15.6 Å². The molecule has 21 heavy (non-hydrogen) atoms. The Hall–Kier alpha value is -2.01. The number of aryl methyl sites for hydroxylation is 1. The molecule has 2 rings (SSSR count). The quantitative estimate of drug-likeness (QED) is 0.863. The molecule has 0 fully saturated rings. The fourth-order valence-corrected chi connectivity index (χ4v) is 2.99. The maximum Gasteiger partial charge on any atom is 0.251 e. The average molecular weight is 302 g/mol. The van der Waals surface area contributed by atoms with E-state index in [1.165, 1.54) is 11.3 Å². The summed E-state index contributed by atoms with van der Waals surface area (Å²) in [6.07, 6.45) is 0. The van der Waals surface area contributed by atoms with E-state index in [-0.39, 0.29) is 17.6 Å². The fourth-order valence-electron chi connectivity index (χ4n) is 1.98. The highest BCUT2D eigenvalue weighted by molar-refractivity contribution is 7.13. The molecule has 0 radical (unpaired) electrons. The summed E-state index contributed by atoms with van der Waals surface area (Å²) in [7, 11) is 0. The number of carbonyl (C=O) groups is 2. The largest absolute Gasteiger partial charge is 0.351 e. The molecule has 0 aliphatic rings. The normalized spacial score (nSPS) is 12.0. The van der Waals surface area contributed by atoms with Crippen LogP contribution < -0.4 is 5.32 Å². The van der Waals surface area contributed by atoms with Crippen LogP contribution in [0.4, 0.5) is 0 Å². The molecule has 0 aliphatic carbocycles. The first-order chi connectivity index (χ1) is 9.99. The van der Waals surface area contributed by atoms with Crippen LogP contribution in [0.25, 0.3) is 0 Å². The smallest absolute Gasteiger partial charge is 0.251 e. The van der Waals surface area contributed by atoms with Crippen LogP contribution in [0.2, 0.25) is 0 Å². The van der Waals surface area contributed by atoms with Crippen molar-refractivity contribution in [1.82, 2.24) is 10.3 Å². The molecule has 0 spiro atoms. The van der Waals surface area contributed by atoms with Crippen molar-refractivity contribution >= 4 is 23.0 Å². The number of amides is 1. The Labute approximate surface area is 128 Å². The third kappa shape index (κ3) is 3.76. The van der Waals surface area contributed by atoms with Gasteiger partial charge in [0.1, 0.15) is 0 Å². The van der Waals surface area contributed by atoms with Gasteiger partial charge in [-0.05, 0) is 19.1 Å². The zero-order valence-electron chi connectivity index (χ0n) is 12.3. The third-order valence-electron chi connectivity index (χ3n) is 3.16. The van der Waals surface area contributed by atoms with E-state index in [9.17, 15) is 9.59 Å². The van der Waals surface area contributed by atoms with E-state index < -0.39 is 0 Å². The standard InChI is InChI=1S/C16H18N2O2S/c1-10(16-18-11(2)14(21-16)12(3)19)9-17-15(20)13-7-5-4-6-8-13/h4-8,10H,9H2,1-3H3,(H,17,20)/t10-/m0/s1. The Balaban J connectivity index is 1.99. The van der Waals surface area contributed by atoms with Crippen LogP contribution >= 0.6 is 11.3 Å². The van der Waals surface area contributed by atoms with Gasteiger partial charge in [0.2, 0.25) is 0 Å². The highest BCUT2D eigenvalue weighted by Gasteiger charge is 2.17. The predicted octanol–water partition coefficient (Wildman–Crippen LogP) is 3.19. The van der Waals surface area contributed by atoms with Gasteiger partial charge in [0.15, 0.2) is 5.78 Å². The lowest BCUT2D eigenvalue weighted by Crippen LogP contribution is -2.27. The predicted molar refractivity (Wildman–Crippen MR) is 84.0 cm³/mol. The summed E-state index contributed by atoms with van der Waals surface area (Å²) in [5.74, 6) is 0.0220. The first kappa shape index (κ1) is 15.4. The first-order valence-corrected chi connectivity index (χ1v) is 7.62. The molecule has 1 heterocycles. The van der Waals surface area contributed by atoms with Gasteiger partial charge >= 0.3 is 0 Å². The lowest BCUT2D eigenvalue weighted by molar-refractivity contribution is 0.0950. The highest BCUT2D eigenvalue weighted by Crippen LogP contribution is 2.24. The number of thiazole rings is 1. The lowest BCUT2D eigenvalue weighted by atomic mass is 10.1. The number of hydrogen-bond acceptors (Lipinski definition) is 4. The Morgan fingerprint density at radius 1 is 1.29 bits per heavy atom. The topological polar surface area (TPSA) is 59.1 Å². The molecule has 5 heteroatoms. The van der Waals surface area contributed by atoms with Crippen molar-refractivity contribution in [1.29, 1.82) is 0 Å². The number of ketones is 1. The molecule has 0 saturated carbocycles. The summed E-state index contributed by atoms with van der Waals surface area (Å²) in [6, 6.07) is 9.10. The molecule has 1 N–H and O–H groups in total. The third-order valence-corrected chi connectivity index (χ3v) is 4.65. The fraction of sp³-hybridized carbons (Fsp3) is 0.312. The molecule has 1 amide bonds. The van der Waals surface area contributed by atoms with E-state index in [1.54, 1.807) is 19.1 Å². The molecule has 1 atom stereocenters. The summed E-state index contributed by atoms with van der Waals surface area (Å²) in [5.41, 5.74) is 1.41. The zero-order valence-corrected chi connectivity index (χ0v) is 13.2. The number of hydrogen-bond donors (Lipinski definition) is 1. The highest BCUT2D eigenvalue weighted by atomic mass is 32.1. The van der Waals surface area contributed by atoms with Crippen LogP contribution in [0.15, 0.2) is 30.3 Å². The van der Waals surface area contributed by atoms with Crippen molar-refractivity contribution in [2.45, 2.75) is 26.7 Å². The number of Topliss-reactive ketones (excluding diaryl/α,β-unsaturated/α-hetero) is 1. The maximum atomic E-state index is 12.0. The van der Waals surface area contributed by atoms with Crippen LogP contribution in [-0.2, 0) is 0 Å². The van der Waals surface area contributed by atoms with Crippen molar-refractivity contribution in [3.63, 3.8) is 0 Å². The molecule has 0 saturated heterocycles. The van der Waals surface area contributed by atoms with Gasteiger partial charge in [-0.2, -0.15) is 0 Å². The Kier molecular flexibility index (Phi) is 4.85. The van der Waals surface area contributed by atoms with Crippen LogP contribution in [0.3, 0.4) is 0 Å². The molecular formula is C16H18N2O2S. The molecule has 0 unspecified atom stereocenters. The molecule has 4 nitrogen and oxygen atoms in total. The van der Waals surface area contributed by atoms with Crippen LogP contribution in [0.5, 0.6) is 0 Å². The number of aromatic nitrogens is 1. The van der Waals surface area contributed by atoms with E-state index in [0.29, 0.717) is 17.0 Å². The second kappa shape index (κ2) is 6.63. The van der Waals surface area contributed by atoms with E-state index in [4.69, 9.17) is 0 Å². The second-order valence-electron chi connectivity index (χ2n) is 5.00. The number of benzene rings is 1. The van der Waals surface area contributed by atoms with Gasteiger partial charge in [-0.1, -0.05) is 25.1 Å². The van der Waals surface area contributed by atoms with Gasteiger partial charge < -0.3 is 5.32 Å². The molecule has 1 aromatic carbocycles. The van der Waals surface area contributed by atoms with Crippen LogP contribution in [0, 0.1) is 6.92 Å². The Bertz CT molecular complexity index is 650. The number of carbonyl (C=O) groups excluding carboxylic acids is 2. The number of nitrogens with zero attached hydrogens (tertiary/aromatic N) is 1. The number of rotatable bonds is 5. The summed E-state index contributed by atoms with van der Waals surface area (Å²) in [5, 5.41) is 3.78. The van der Waals surface area contributed by atoms with E-state index in [0.717, 1.165) is 10.7 Å². The lowest BCUT2D eigenvalue weighted by Gasteiger charge is -2.10. The van der Waals surface area contributed by atoms with Crippen LogP contribution in [0.1, 0.15) is 50.5 Å². The summed E-state index contributed by atoms with van der Waals surface area (Å²) in [4.78, 5) is 28.6. The maximum absolute atomic E-state index is 12.0. The van der Waals surface area contributed by atoms with E-state index in [1.807, 2.05) is 32.0 Å². The van der Waals surface area contributed by atoms with Crippen molar-refractivity contribution in [2.24, 2.45) is 0 Å². The van der Waals surface area contributed by atoms with Gasteiger partial charge in [0, 0.05) is 24.9 Å². The minimum absolute atomic E-state index is 0.0387. The first-order valence-electron chi connectivity index (χ1n) is 6.80. The average Bonchev–Trinajstić information content (AvgIpc) is 2.87. The van der Waals surface area contributed by atoms with E-state index >= 15 is 0 Å². The minimum Gasteiger partial charge on any atom is -0.351 e. The summed E-state index contributed by atoms with van der Waals surface area (Å²) in [6.45, 7) is 5.88. The Morgan fingerprint density at radius 3 is 2.52 bits per heavy atom. The van der Waals surface area contributed by atoms with Crippen molar-refractivity contribution in [2.75, 3.05) is 6.54 Å². The zero-order chi connectivity index (χ0) is 15.4. The monoisotopic (exact) mass is 302 g/mol. The SMILES string of the molecule is CC(=O)c1sc([C@@H](C)CNC(=O)c2ccccc2)nc1C. The Morgan fingerprint density at radius 2 is 1.95 bits per heavy atom. The second-order valence-corrected chi connectivity index (χ2v) is 6.03. The molecule has 1 aromatic heterocycles. The molecule has 0 aliphatic heterocycles. The number of nitrogens with one attached hydrogen (secondary N) is 1. The minimum atomic E-state index is -0.0949. The van der Waals surface area contributed by atoms with E-state index in [2.05, 4.69) is 10.3 Å². The van der Waals surface area contributed by atoms with Crippen molar-refractivity contribution in [3.8, 4) is 0 Å². The van der Waals surface area contributed by atoms with Crippen LogP contribution in [-0.4, -0.2) is 23.2 Å². The molecular weight excluding hydrogens is 284 g/mol. The molecule has 0 bridgehead atoms. The summed E-state index contributed by atoms with van der Waals surface area (Å²) >= 11 is 1.41. The van der Waals surface area contributed by atoms with Gasteiger partial charge in [-0.3, -0.25) is 9.59 Å². The molecule has 2 aromatic rings. The summed E-state index contributed by atoms with van der Waals surface area (Å²) < 4.78 is 0. The van der Waals surface area contributed by atoms with Gasteiger partial charge in [0.25, 0.3) is 5.91 Å². The van der Waals surface area contributed by atoms with Crippen molar-refractivity contribution < 1.29 is 9.59 Å². The van der Waals surface area contributed by atoms with Crippen molar-refractivity contribution in [3.05, 3.63) is 51.5 Å².